The van der Waals surface area contributed by atoms with E-state index in [1.165, 1.54) is 6.07 Å². The fraction of sp³-hybridized carbons (Fsp3) is 0.364. The molecule has 1 atom stereocenters. The summed E-state index contributed by atoms with van der Waals surface area (Å²) >= 11 is 0. The quantitative estimate of drug-likeness (QED) is 0.680. The predicted molar refractivity (Wildman–Crippen MR) is 110 cm³/mol. The smallest absolute Gasteiger partial charge is 0.387 e. The first-order valence-corrected chi connectivity index (χ1v) is 9.98. The maximum absolute atomic E-state index is 12.7. The molecule has 2 N–H and O–H groups in total. The molecule has 0 aliphatic carbocycles. The van der Waals surface area contributed by atoms with Crippen LogP contribution in [-0.2, 0) is 0 Å². The number of ether oxygens (including phenoxy) is 1. The topological polar surface area (TPSA) is 70.7 Å². The minimum absolute atomic E-state index is 0.00909. The zero-order valence-electron chi connectivity index (χ0n) is 16.7. The average molecular weight is 417 g/mol. The second-order valence-electron chi connectivity index (χ2n) is 7.05. The molecule has 1 fully saturated rings. The van der Waals surface area contributed by atoms with E-state index >= 15 is 0 Å². The van der Waals surface area contributed by atoms with Gasteiger partial charge in [0.2, 0.25) is 0 Å². The maximum atomic E-state index is 12.7. The summed E-state index contributed by atoms with van der Waals surface area (Å²) < 4.78 is 29.9. The number of anilines is 1. The van der Waals surface area contributed by atoms with E-state index in [-0.39, 0.29) is 11.7 Å². The highest BCUT2D eigenvalue weighted by atomic mass is 19.3. The molecule has 1 heterocycles. The van der Waals surface area contributed by atoms with Gasteiger partial charge in [-0.05, 0) is 49.6 Å². The van der Waals surface area contributed by atoms with Gasteiger partial charge in [-0.2, -0.15) is 8.78 Å². The Labute approximate surface area is 174 Å². The minimum Gasteiger partial charge on any atom is -0.434 e. The Kier molecular flexibility index (Phi) is 7.21. The molecule has 0 bridgehead atoms. The predicted octanol–water partition coefficient (Wildman–Crippen LogP) is 4.80. The number of halogens is 2. The molecule has 1 aliphatic rings. The van der Waals surface area contributed by atoms with Crippen LogP contribution >= 0.6 is 0 Å². The standard InChI is InChI=1S/C22H25F2N3O3/c1-2-18(17-7-3-4-8-19(17)30-21(23)24)26-22(29)25-16-11-9-15(10-12-16)20(28)27-13-5-6-14-27/h3-4,7-12,18,21H,2,5-6,13-14H2,1H3,(H2,25,26,29). The van der Waals surface area contributed by atoms with E-state index in [2.05, 4.69) is 15.4 Å². The third-order valence-electron chi connectivity index (χ3n) is 5.01. The number of hydrogen-bond donors (Lipinski definition) is 2. The lowest BCUT2D eigenvalue weighted by molar-refractivity contribution is -0.0506. The van der Waals surface area contributed by atoms with Crippen molar-refractivity contribution >= 4 is 17.6 Å². The molecule has 0 saturated carbocycles. The summed E-state index contributed by atoms with van der Waals surface area (Å²) in [7, 11) is 0. The van der Waals surface area contributed by atoms with Crippen molar-refractivity contribution in [3.8, 4) is 5.75 Å². The number of alkyl halides is 2. The van der Waals surface area contributed by atoms with Crippen LogP contribution in [0.5, 0.6) is 5.75 Å². The van der Waals surface area contributed by atoms with Gasteiger partial charge in [-0.25, -0.2) is 4.79 Å². The number of nitrogens with zero attached hydrogens (tertiary/aromatic N) is 1. The number of hydrogen-bond acceptors (Lipinski definition) is 3. The lowest BCUT2D eigenvalue weighted by Gasteiger charge is -2.21. The van der Waals surface area contributed by atoms with Gasteiger partial charge in [0.25, 0.3) is 5.91 Å². The van der Waals surface area contributed by atoms with Crippen LogP contribution in [0.3, 0.4) is 0 Å². The van der Waals surface area contributed by atoms with Gasteiger partial charge in [0.05, 0.1) is 6.04 Å². The Balaban J connectivity index is 1.62. The number of likely N-dealkylation sites (tertiary alicyclic amines) is 1. The number of para-hydroxylation sites is 1. The molecule has 30 heavy (non-hydrogen) atoms. The largest absolute Gasteiger partial charge is 0.434 e. The van der Waals surface area contributed by atoms with Gasteiger partial charge in [-0.3, -0.25) is 4.79 Å². The van der Waals surface area contributed by atoms with Gasteiger partial charge < -0.3 is 20.3 Å². The molecule has 1 unspecified atom stereocenters. The number of benzene rings is 2. The van der Waals surface area contributed by atoms with Crippen molar-refractivity contribution in [3.63, 3.8) is 0 Å². The summed E-state index contributed by atoms with van der Waals surface area (Å²) in [5.74, 6) is 0.0228. The third-order valence-corrected chi connectivity index (χ3v) is 5.01. The minimum atomic E-state index is -2.95. The lowest BCUT2D eigenvalue weighted by atomic mass is 10.0. The molecule has 2 aromatic rings. The molecule has 8 heteroatoms. The van der Waals surface area contributed by atoms with Crippen molar-refractivity contribution in [3.05, 3.63) is 59.7 Å². The molecular weight excluding hydrogens is 392 g/mol. The van der Waals surface area contributed by atoms with Crippen LogP contribution in [0.4, 0.5) is 19.3 Å². The Morgan fingerprint density at radius 1 is 1.07 bits per heavy atom. The Morgan fingerprint density at radius 2 is 1.73 bits per heavy atom. The number of urea groups is 1. The fourth-order valence-electron chi connectivity index (χ4n) is 3.50. The molecule has 0 spiro atoms. The first-order chi connectivity index (χ1) is 14.5. The van der Waals surface area contributed by atoms with Crippen molar-refractivity contribution in [2.24, 2.45) is 0 Å². The zero-order valence-corrected chi connectivity index (χ0v) is 16.7. The molecule has 3 amide bonds. The van der Waals surface area contributed by atoms with Crippen LogP contribution in [0.1, 0.15) is 48.1 Å². The van der Waals surface area contributed by atoms with E-state index in [0.717, 1.165) is 25.9 Å². The highest BCUT2D eigenvalue weighted by Gasteiger charge is 2.20. The molecule has 0 radical (unpaired) electrons. The monoisotopic (exact) mass is 417 g/mol. The van der Waals surface area contributed by atoms with E-state index in [4.69, 9.17) is 0 Å². The van der Waals surface area contributed by atoms with Gasteiger partial charge in [0.1, 0.15) is 5.75 Å². The summed E-state index contributed by atoms with van der Waals surface area (Å²) in [4.78, 5) is 26.6. The van der Waals surface area contributed by atoms with Crippen LogP contribution in [-0.4, -0.2) is 36.5 Å². The molecule has 160 valence electrons. The van der Waals surface area contributed by atoms with Gasteiger partial charge in [0, 0.05) is 29.9 Å². The third kappa shape index (κ3) is 5.46. The van der Waals surface area contributed by atoms with E-state index in [1.807, 2.05) is 11.8 Å². The fourth-order valence-corrected chi connectivity index (χ4v) is 3.50. The van der Waals surface area contributed by atoms with Gasteiger partial charge in [-0.15, -0.1) is 0 Å². The molecule has 1 aliphatic heterocycles. The van der Waals surface area contributed by atoms with E-state index < -0.39 is 18.7 Å². The van der Waals surface area contributed by atoms with E-state index in [1.54, 1.807) is 42.5 Å². The number of nitrogens with one attached hydrogen (secondary N) is 2. The summed E-state index contributed by atoms with van der Waals surface area (Å²) in [5.41, 5.74) is 1.58. The summed E-state index contributed by atoms with van der Waals surface area (Å²) in [6.07, 6.45) is 2.53. The van der Waals surface area contributed by atoms with Crippen LogP contribution in [0.2, 0.25) is 0 Å². The van der Waals surface area contributed by atoms with Crippen molar-refractivity contribution in [2.45, 2.75) is 38.8 Å². The van der Waals surface area contributed by atoms with E-state index in [9.17, 15) is 18.4 Å². The van der Waals surface area contributed by atoms with Crippen molar-refractivity contribution in [2.75, 3.05) is 18.4 Å². The summed E-state index contributed by atoms with van der Waals surface area (Å²) in [6.45, 7) is 0.439. The summed E-state index contributed by atoms with van der Waals surface area (Å²) in [6, 6.07) is 12.1. The number of carbonyl (C=O) groups excluding carboxylic acids is 2. The van der Waals surface area contributed by atoms with Crippen LogP contribution < -0.4 is 15.4 Å². The van der Waals surface area contributed by atoms with Crippen molar-refractivity contribution in [1.29, 1.82) is 0 Å². The highest BCUT2D eigenvalue weighted by molar-refractivity contribution is 5.95. The first-order valence-electron chi connectivity index (χ1n) is 9.98. The molecular formula is C22H25F2N3O3. The Hall–Kier alpha value is -3.16. The normalized spacial score (nSPS) is 14.5. The Morgan fingerprint density at radius 3 is 2.37 bits per heavy atom. The number of amides is 3. The van der Waals surface area contributed by atoms with Gasteiger partial charge in [-0.1, -0.05) is 25.1 Å². The van der Waals surface area contributed by atoms with Crippen molar-refractivity contribution in [1.82, 2.24) is 10.2 Å². The highest BCUT2D eigenvalue weighted by Crippen LogP contribution is 2.28. The number of rotatable bonds is 7. The van der Waals surface area contributed by atoms with Gasteiger partial charge >= 0.3 is 12.6 Å². The zero-order chi connectivity index (χ0) is 21.5. The van der Waals surface area contributed by atoms with Crippen LogP contribution in [0.15, 0.2) is 48.5 Å². The molecule has 3 rings (SSSR count). The SMILES string of the molecule is CCC(NC(=O)Nc1ccc(C(=O)N2CCCC2)cc1)c1ccccc1OC(F)F. The van der Waals surface area contributed by atoms with Gasteiger partial charge in [0.15, 0.2) is 0 Å². The lowest BCUT2D eigenvalue weighted by Crippen LogP contribution is -2.32. The molecule has 2 aromatic carbocycles. The second kappa shape index (κ2) is 10.0. The van der Waals surface area contributed by atoms with E-state index in [0.29, 0.717) is 23.2 Å². The second-order valence-corrected chi connectivity index (χ2v) is 7.05. The number of carbonyl (C=O) groups is 2. The first kappa shape index (κ1) is 21.5. The molecule has 1 saturated heterocycles. The van der Waals surface area contributed by atoms with Crippen molar-refractivity contribution < 1.29 is 23.1 Å². The van der Waals surface area contributed by atoms with Crippen LogP contribution in [0, 0.1) is 0 Å². The molecule has 0 aromatic heterocycles. The average Bonchev–Trinajstić information content (AvgIpc) is 3.27. The Bertz CT molecular complexity index is 868. The maximum Gasteiger partial charge on any atom is 0.387 e. The summed E-state index contributed by atoms with van der Waals surface area (Å²) in [5, 5.41) is 5.49. The molecule has 6 nitrogen and oxygen atoms in total. The van der Waals surface area contributed by atoms with Crippen LogP contribution in [0.25, 0.3) is 0 Å².